The number of rotatable bonds is 8. The molecule has 1 amide bonds. The van der Waals surface area contributed by atoms with Crippen LogP contribution in [-0.2, 0) is 4.79 Å². The van der Waals surface area contributed by atoms with Crippen molar-refractivity contribution in [3.05, 3.63) is 29.8 Å². The number of carbonyl (C=O) groups excluding carboxylic acids is 1. The highest BCUT2D eigenvalue weighted by atomic mass is 16.5. The van der Waals surface area contributed by atoms with Gasteiger partial charge in [0.1, 0.15) is 5.75 Å². The molecule has 0 saturated carbocycles. The van der Waals surface area contributed by atoms with E-state index < -0.39 is 6.10 Å². The maximum absolute atomic E-state index is 11.8. The van der Waals surface area contributed by atoms with Gasteiger partial charge < -0.3 is 15.8 Å². The topological polar surface area (TPSA) is 64.3 Å². The molecule has 2 atom stereocenters. The molecular formula is C16H26N2O2. The van der Waals surface area contributed by atoms with Crippen molar-refractivity contribution in [2.75, 3.05) is 6.54 Å². The van der Waals surface area contributed by atoms with Gasteiger partial charge in [-0.1, -0.05) is 31.9 Å². The number of unbranched alkanes of at least 4 members (excludes halogenated alkanes) is 2. The van der Waals surface area contributed by atoms with Crippen LogP contribution in [0, 0.1) is 0 Å². The lowest BCUT2D eigenvalue weighted by molar-refractivity contribution is -0.127. The smallest absolute Gasteiger partial charge is 0.260 e. The minimum atomic E-state index is -0.488. The molecule has 1 unspecified atom stereocenters. The van der Waals surface area contributed by atoms with Crippen LogP contribution in [-0.4, -0.2) is 18.6 Å². The summed E-state index contributed by atoms with van der Waals surface area (Å²) in [6.07, 6.45) is 2.80. The molecular weight excluding hydrogens is 252 g/mol. The van der Waals surface area contributed by atoms with Crippen LogP contribution < -0.4 is 15.8 Å². The molecule has 1 aromatic rings. The van der Waals surface area contributed by atoms with E-state index in [1.807, 2.05) is 31.2 Å². The molecule has 4 heteroatoms. The second kappa shape index (κ2) is 8.59. The van der Waals surface area contributed by atoms with Gasteiger partial charge in [0.05, 0.1) is 0 Å². The zero-order chi connectivity index (χ0) is 15.0. The third kappa shape index (κ3) is 5.61. The van der Waals surface area contributed by atoms with E-state index in [4.69, 9.17) is 10.5 Å². The average molecular weight is 278 g/mol. The van der Waals surface area contributed by atoms with E-state index in [9.17, 15) is 4.79 Å². The second-order valence-corrected chi connectivity index (χ2v) is 5.12. The molecule has 0 radical (unpaired) electrons. The third-order valence-electron chi connectivity index (χ3n) is 3.17. The summed E-state index contributed by atoms with van der Waals surface area (Å²) in [6.45, 7) is 6.54. The Kier molecular flexibility index (Phi) is 7.09. The van der Waals surface area contributed by atoms with E-state index in [1.165, 1.54) is 0 Å². The third-order valence-corrected chi connectivity index (χ3v) is 3.17. The van der Waals surface area contributed by atoms with Crippen molar-refractivity contribution < 1.29 is 9.53 Å². The summed E-state index contributed by atoms with van der Waals surface area (Å²) in [5, 5.41) is 2.88. The van der Waals surface area contributed by atoms with E-state index in [2.05, 4.69) is 12.2 Å². The van der Waals surface area contributed by atoms with Gasteiger partial charge in [-0.25, -0.2) is 0 Å². The highest BCUT2D eigenvalue weighted by molar-refractivity contribution is 5.80. The van der Waals surface area contributed by atoms with Crippen LogP contribution in [0.1, 0.15) is 51.6 Å². The number of amides is 1. The van der Waals surface area contributed by atoms with Gasteiger partial charge in [0.15, 0.2) is 6.10 Å². The van der Waals surface area contributed by atoms with Crippen molar-refractivity contribution in [1.29, 1.82) is 0 Å². The number of ether oxygens (including phenoxy) is 1. The molecule has 0 bridgehead atoms. The fourth-order valence-corrected chi connectivity index (χ4v) is 1.84. The van der Waals surface area contributed by atoms with Crippen LogP contribution >= 0.6 is 0 Å². The van der Waals surface area contributed by atoms with E-state index in [0.717, 1.165) is 24.8 Å². The first kappa shape index (κ1) is 16.5. The van der Waals surface area contributed by atoms with Crippen LogP contribution in [0.15, 0.2) is 24.3 Å². The molecule has 112 valence electrons. The monoisotopic (exact) mass is 278 g/mol. The minimum absolute atomic E-state index is 0.00309. The van der Waals surface area contributed by atoms with E-state index in [1.54, 1.807) is 6.92 Å². The van der Waals surface area contributed by atoms with Gasteiger partial charge in [0.2, 0.25) is 0 Å². The number of hydrogen-bond acceptors (Lipinski definition) is 3. The summed E-state index contributed by atoms with van der Waals surface area (Å²) in [5.41, 5.74) is 6.84. The van der Waals surface area contributed by atoms with Crippen molar-refractivity contribution >= 4 is 5.91 Å². The van der Waals surface area contributed by atoms with Gasteiger partial charge in [-0.05, 0) is 38.0 Å². The number of benzene rings is 1. The summed E-state index contributed by atoms with van der Waals surface area (Å²) < 4.78 is 5.62. The van der Waals surface area contributed by atoms with Crippen molar-refractivity contribution in [1.82, 2.24) is 5.32 Å². The summed E-state index contributed by atoms with van der Waals surface area (Å²) in [5.74, 6) is 0.614. The van der Waals surface area contributed by atoms with Crippen LogP contribution in [0.4, 0.5) is 0 Å². The lowest BCUT2D eigenvalue weighted by atomic mass is 10.1. The Balaban J connectivity index is 2.40. The predicted octanol–water partition coefficient (Wildman–Crippen LogP) is 2.78. The molecule has 4 nitrogen and oxygen atoms in total. The average Bonchev–Trinajstić information content (AvgIpc) is 2.44. The first-order valence-corrected chi connectivity index (χ1v) is 7.34. The summed E-state index contributed by atoms with van der Waals surface area (Å²) in [6, 6.07) is 7.54. The van der Waals surface area contributed by atoms with E-state index in [-0.39, 0.29) is 11.9 Å². The molecule has 1 rings (SSSR count). The molecule has 0 saturated heterocycles. The van der Waals surface area contributed by atoms with Crippen LogP contribution in [0.5, 0.6) is 5.75 Å². The Hall–Kier alpha value is -1.55. The zero-order valence-corrected chi connectivity index (χ0v) is 12.7. The van der Waals surface area contributed by atoms with Gasteiger partial charge in [0, 0.05) is 12.6 Å². The number of nitrogens with two attached hydrogens (primary N) is 1. The fourth-order valence-electron chi connectivity index (χ4n) is 1.84. The highest BCUT2D eigenvalue weighted by Crippen LogP contribution is 2.17. The largest absolute Gasteiger partial charge is 0.481 e. The van der Waals surface area contributed by atoms with E-state index >= 15 is 0 Å². The molecule has 1 aromatic carbocycles. The van der Waals surface area contributed by atoms with Gasteiger partial charge in [0.25, 0.3) is 5.91 Å². The SMILES string of the molecule is CCCCCNC(=O)C(C)Oc1ccc([C@H](C)N)cc1. The molecule has 0 fully saturated rings. The molecule has 0 aliphatic rings. The Morgan fingerprint density at radius 2 is 1.90 bits per heavy atom. The van der Waals surface area contributed by atoms with Crippen LogP contribution in [0.25, 0.3) is 0 Å². The summed E-state index contributed by atoms with van der Waals surface area (Å²) in [4.78, 5) is 11.8. The van der Waals surface area contributed by atoms with Crippen molar-refractivity contribution in [3.8, 4) is 5.75 Å². The lowest BCUT2D eigenvalue weighted by Gasteiger charge is -2.15. The van der Waals surface area contributed by atoms with Gasteiger partial charge in [-0.2, -0.15) is 0 Å². The Morgan fingerprint density at radius 3 is 2.45 bits per heavy atom. The maximum Gasteiger partial charge on any atom is 0.260 e. The summed E-state index contributed by atoms with van der Waals surface area (Å²) in [7, 11) is 0. The van der Waals surface area contributed by atoms with E-state index in [0.29, 0.717) is 12.3 Å². The molecule has 3 N–H and O–H groups in total. The quantitative estimate of drug-likeness (QED) is 0.719. The van der Waals surface area contributed by atoms with Gasteiger partial charge >= 0.3 is 0 Å². The van der Waals surface area contributed by atoms with Crippen molar-refractivity contribution in [3.63, 3.8) is 0 Å². The lowest BCUT2D eigenvalue weighted by Crippen LogP contribution is -2.36. The number of hydrogen-bond donors (Lipinski definition) is 2. The Bertz CT molecular complexity index is 401. The van der Waals surface area contributed by atoms with Crippen molar-refractivity contribution in [2.45, 2.75) is 52.2 Å². The molecule has 20 heavy (non-hydrogen) atoms. The molecule has 0 aliphatic heterocycles. The number of carbonyl (C=O) groups is 1. The minimum Gasteiger partial charge on any atom is -0.481 e. The second-order valence-electron chi connectivity index (χ2n) is 5.12. The van der Waals surface area contributed by atoms with Crippen LogP contribution in [0.2, 0.25) is 0 Å². The highest BCUT2D eigenvalue weighted by Gasteiger charge is 2.13. The maximum atomic E-state index is 11.8. The fraction of sp³-hybridized carbons (Fsp3) is 0.562. The molecule has 0 aliphatic carbocycles. The molecule has 0 aromatic heterocycles. The van der Waals surface area contributed by atoms with Gasteiger partial charge in [-0.3, -0.25) is 4.79 Å². The van der Waals surface area contributed by atoms with Crippen LogP contribution in [0.3, 0.4) is 0 Å². The van der Waals surface area contributed by atoms with Gasteiger partial charge in [-0.15, -0.1) is 0 Å². The first-order valence-electron chi connectivity index (χ1n) is 7.34. The van der Waals surface area contributed by atoms with Crippen molar-refractivity contribution in [2.24, 2.45) is 5.73 Å². The summed E-state index contributed by atoms with van der Waals surface area (Å²) >= 11 is 0. The Morgan fingerprint density at radius 1 is 1.25 bits per heavy atom. The molecule has 0 heterocycles. The molecule has 0 spiro atoms. The zero-order valence-electron chi connectivity index (χ0n) is 12.7. The first-order chi connectivity index (χ1) is 9.54. The Labute approximate surface area is 121 Å². The normalized spacial score (nSPS) is 13.6. The standard InChI is InChI=1S/C16H26N2O2/c1-4-5-6-11-18-16(19)13(3)20-15-9-7-14(8-10-15)12(2)17/h7-10,12-13H,4-6,11,17H2,1-3H3,(H,18,19)/t12-,13?/m0/s1. The number of nitrogens with one attached hydrogen (secondary N) is 1. The predicted molar refractivity (Wildman–Crippen MR) is 81.7 cm³/mol.